The van der Waals surface area contributed by atoms with Crippen molar-refractivity contribution in [1.82, 2.24) is 24.6 Å². The Morgan fingerprint density at radius 2 is 1.96 bits per heavy atom. The molecule has 0 aliphatic carbocycles. The van der Waals surface area contributed by atoms with Gasteiger partial charge in [-0.25, -0.2) is 9.67 Å². The van der Waals surface area contributed by atoms with E-state index in [0.717, 1.165) is 47.3 Å². The molecule has 3 rings (SSSR count). The van der Waals surface area contributed by atoms with E-state index in [-0.39, 0.29) is 0 Å². The first-order valence-corrected chi connectivity index (χ1v) is 7.92. The summed E-state index contributed by atoms with van der Waals surface area (Å²) in [4.78, 5) is 10.1. The maximum Gasteiger partial charge on any atom is 0.216 e. The second-order valence-corrected chi connectivity index (χ2v) is 5.98. The van der Waals surface area contributed by atoms with Gasteiger partial charge in [0.1, 0.15) is 5.82 Å². The van der Waals surface area contributed by atoms with E-state index in [0.29, 0.717) is 0 Å². The fourth-order valence-corrected chi connectivity index (χ4v) is 2.91. The summed E-state index contributed by atoms with van der Waals surface area (Å²) in [5.74, 6) is 1.75. The van der Waals surface area contributed by atoms with Crippen LogP contribution in [-0.4, -0.2) is 38.8 Å². The molecule has 0 saturated carbocycles. The Kier molecular flexibility index (Phi) is 4.66. The highest BCUT2D eigenvalue weighted by atomic mass is 16.5. The molecule has 0 fully saturated rings. The predicted octanol–water partition coefficient (Wildman–Crippen LogP) is 2.76. The van der Waals surface area contributed by atoms with Crippen molar-refractivity contribution in [2.45, 2.75) is 20.0 Å². The van der Waals surface area contributed by atoms with E-state index in [1.807, 2.05) is 38.4 Å². The molecule has 24 heavy (non-hydrogen) atoms. The van der Waals surface area contributed by atoms with Crippen molar-refractivity contribution in [1.29, 1.82) is 0 Å². The quantitative estimate of drug-likeness (QED) is 0.757. The SMILES string of the molecule is COc1c(CN(C)Cc2ncc(-c3ccccc3)[nH]2)c(C)nn1C. The second-order valence-electron chi connectivity index (χ2n) is 5.98. The number of methoxy groups -OCH3 is 1. The Hall–Kier alpha value is -2.60. The Morgan fingerprint density at radius 1 is 1.21 bits per heavy atom. The van der Waals surface area contributed by atoms with E-state index in [1.165, 1.54) is 0 Å². The van der Waals surface area contributed by atoms with Crippen molar-refractivity contribution in [3.63, 3.8) is 0 Å². The summed E-state index contributed by atoms with van der Waals surface area (Å²) in [6.07, 6.45) is 1.88. The third-order valence-electron chi connectivity index (χ3n) is 4.04. The van der Waals surface area contributed by atoms with Crippen LogP contribution in [-0.2, 0) is 20.1 Å². The van der Waals surface area contributed by atoms with Crippen LogP contribution in [0.15, 0.2) is 36.5 Å². The summed E-state index contributed by atoms with van der Waals surface area (Å²) in [5.41, 5.74) is 4.28. The number of rotatable bonds is 6. The molecule has 0 spiro atoms. The van der Waals surface area contributed by atoms with Crippen LogP contribution in [0.25, 0.3) is 11.3 Å². The van der Waals surface area contributed by atoms with Gasteiger partial charge in [0.15, 0.2) is 0 Å². The van der Waals surface area contributed by atoms with Gasteiger partial charge < -0.3 is 9.72 Å². The van der Waals surface area contributed by atoms with E-state index >= 15 is 0 Å². The van der Waals surface area contributed by atoms with Crippen LogP contribution in [0, 0.1) is 6.92 Å². The zero-order valence-corrected chi connectivity index (χ0v) is 14.6. The van der Waals surface area contributed by atoms with E-state index in [9.17, 15) is 0 Å². The molecule has 0 radical (unpaired) electrons. The second kappa shape index (κ2) is 6.88. The van der Waals surface area contributed by atoms with Crippen molar-refractivity contribution >= 4 is 0 Å². The molecule has 0 amide bonds. The average Bonchev–Trinajstić information content (AvgIpc) is 3.13. The monoisotopic (exact) mass is 325 g/mol. The number of aromatic amines is 1. The molecule has 0 atom stereocenters. The molecule has 0 aliphatic heterocycles. The molecule has 1 aromatic carbocycles. The maximum absolute atomic E-state index is 5.46. The highest BCUT2D eigenvalue weighted by Crippen LogP contribution is 2.23. The van der Waals surface area contributed by atoms with Crippen LogP contribution in [0.2, 0.25) is 0 Å². The van der Waals surface area contributed by atoms with E-state index < -0.39 is 0 Å². The minimum absolute atomic E-state index is 0.727. The number of imidazole rings is 1. The number of hydrogen-bond donors (Lipinski definition) is 1. The molecule has 126 valence electrons. The van der Waals surface area contributed by atoms with E-state index in [2.05, 4.69) is 39.1 Å². The van der Waals surface area contributed by atoms with Crippen molar-refractivity contribution in [2.75, 3.05) is 14.2 Å². The van der Waals surface area contributed by atoms with Crippen molar-refractivity contribution < 1.29 is 4.74 Å². The van der Waals surface area contributed by atoms with Crippen LogP contribution in [0.5, 0.6) is 5.88 Å². The van der Waals surface area contributed by atoms with Gasteiger partial charge in [-0.2, -0.15) is 5.10 Å². The number of aromatic nitrogens is 4. The number of nitrogens with one attached hydrogen (secondary N) is 1. The number of ether oxygens (including phenoxy) is 1. The first-order chi connectivity index (χ1) is 11.6. The summed E-state index contributed by atoms with van der Waals surface area (Å²) >= 11 is 0. The van der Waals surface area contributed by atoms with Gasteiger partial charge in [0, 0.05) is 13.6 Å². The fraction of sp³-hybridized carbons (Fsp3) is 0.333. The molecule has 2 heterocycles. The molecule has 0 bridgehead atoms. The molecule has 1 N–H and O–H groups in total. The highest BCUT2D eigenvalue weighted by Gasteiger charge is 2.16. The Bertz CT molecular complexity index is 806. The van der Waals surface area contributed by atoms with Crippen molar-refractivity contribution in [2.24, 2.45) is 7.05 Å². The Morgan fingerprint density at radius 3 is 2.67 bits per heavy atom. The van der Waals surface area contributed by atoms with Crippen molar-refractivity contribution in [3.8, 4) is 17.1 Å². The topological polar surface area (TPSA) is 59.0 Å². The van der Waals surface area contributed by atoms with Crippen molar-refractivity contribution in [3.05, 3.63) is 53.6 Å². The number of benzene rings is 1. The van der Waals surface area contributed by atoms with Gasteiger partial charge in [0.05, 0.1) is 36.8 Å². The van der Waals surface area contributed by atoms with Crippen LogP contribution in [0.4, 0.5) is 0 Å². The molecule has 2 aromatic heterocycles. The lowest BCUT2D eigenvalue weighted by Gasteiger charge is -2.15. The molecule has 0 saturated heterocycles. The number of H-pyrrole nitrogens is 1. The number of aryl methyl sites for hydroxylation is 2. The first kappa shape index (κ1) is 16.3. The molecule has 0 unspecified atom stereocenters. The van der Waals surface area contributed by atoms with Crippen LogP contribution >= 0.6 is 0 Å². The normalized spacial score (nSPS) is 11.2. The Balaban J connectivity index is 1.70. The van der Waals surface area contributed by atoms with Gasteiger partial charge in [0.2, 0.25) is 5.88 Å². The molecule has 6 heteroatoms. The summed E-state index contributed by atoms with van der Waals surface area (Å²) in [7, 11) is 5.64. The number of hydrogen-bond acceptors (Lipinski definition) is 4. The van der Waals surface area contributed by atoms with Crippen LogP contribution in [0.3, 0.4) is 0 Å². The largest absolute Gasteiger partial charge is 0.481 e. The zero-order valence-electron chi connectivity index (χ0n) is 14.6. The zero-order chi connectivity index (χ0) is 17.1. The van der Waals surface area contributed by atoms with Gasteiger partial charge >= 0.3 is 0 Å². The lowest BCUT2D eigenvalue weighted by molar-refractivity contribution is 0.299. The summed E-state index contributed by atoms with van der Waals surface area (Å²) in [6, 6.07) is 10.2. The summed E-state index contributed by atoms with van der Waals surface area (Å²) < 4.78 is 7.24. The summed E-state index contributed by atoms with van der Waals surface area (Å²) in [6.45, 7) is 3.49. The first-order valence-electron chi connectivity index (χ1n) is 7.92. The molecule has 6 nitrogen and oxygen atoms in total. The van der Waals surface area contributed by atoms with Gasteiger partial charge in [-0.3, -0.25) is 4.90 Å². The minimum Gasteiger partial charge on any atom is -0.481 e. The standard InChI is InChI=1S/C18H23N5O/c1-13-15(18(24-4)23(3)21-13)11-22(2)12-17-19-10-16(20-17)14-8-6-5-7-9-14/h5-10H,11-12H2,1-4H3,(H,19,20). The van der Waals surface area contributed by atoms with Gasteiger partial charge in [-0.15, -0.1) is 0 Å². The van der Waals surface area contributed by atoms with E-state index in [1.54, 1.807) is 11.8 Å². The third kappa shape index (κ3) is 3.33. The molecular formula is C18H23N5O. The van der Waals surface area contributed by atoms with Gasteiger partial charge in [0.25, 0.3) is 0 Å². The van der Waals surface area contributed by atoms with Gasteiger partial charge in [-0.1, -0.05) is 30.3 Å². The molecule has 3 aromatic rings. The third-order valence-corrected chi connectivity index (χ3v) is 4.04. The van der Waals surface area contributed by atoms with Crippen LogP contribution < -0.4 is 4.74 Å². The van der Waals surface area contributed by atoms with Crippen LogP contribution in [0.1, 0.15) is 17.1 Å². The maximum atomic E-state index is 5.46. The fourth-order valence-electron chi connectivity index (χ4n) is 2.91. The number of nitrogens with zero attached hydrogens (tertiary/aromatic N) is 4. The highest BCUT2D eigenvalue weighted by molar-refractivity contribution is 5.57. The molecular weight excluding hydrogens is 302 g/mol. The lowest BCUT2D eigenvalue weighted by Crippen LogP contribution is -2.18. The lowest BCUT2D eigenvalue weighted by atomic mass is 10.2. The van der Waals surface area contributed by atoms with Gasteiger partial charge in [-0.05, 0) is 19.5 Å². The Labute approximate surface area is 142 Å². The smallest absolute Gasteiger partial charge is 0.216 e. The minimum atomic E-state index is 0.727. The summed E-state index contributed by atoms with van der Waals surface area (Å²) in [5, 5.41) is 4.43. The van der Waals surface area contributed by atoms with E-state index in [4.69, 9.17) is 4.74 Å². The average molecular weight is 325 g/mol. The molecule has 0 aliphatic rings. The predicted molar refractivity (Wildman–Crippen MR) is 93.7 cm³/mol.